The van der Waals surface area contributed by atoms with E-state index in [1.165, 1.54) is 12.1 Å². The molecule has 5 rings (SSSR count). The third-order valence-electron chi connectivity index (χ3n) is 6.03. The number of fused-ring (bicyclic) bond motifs is 1. The number of carbonyl (C=O) groups excluding carboxylic acids is 1. The first kappa shape index (κ1) is 24.1. The van der Waals surface area contributed by atoms with E-state index >= 15 is 0 Å². The summed E-state index contributed by atoms with van der Waals surface area (Å²) in [5, 5.41) is 5.29. The summed E-state index contributed by atoms with van der Waals surface area (Å²) < 4.78 is 41.2. The van der Waals surface area contributed by atoms with Crippen LogP contribution in [0.25, 0.3) is 10.9 Å². The number of benzene rings is 4. The van der Waals surface area contributed by atoms with Gasteiger partial charge in [-0.25, -0.2) is 5.43 Å². The SMILES string of the molecule is O=C(N/N=C(/c1ccccc1)c1ccc(C(F)(F)F)cc1)c1cc2ccccc2n1Cc1ccccc1. The number of nitrogens with zero attached hydrogens (tertiary/aromatic N) is 2. The van der Waals surface area contributed by atoms with Gasteiger partial charge in [-0.3, -0.25) is 4.79 Å². The quantitative estimate of drug-likeness (QED) is 0.202. The lowest BCUT2D eigenvalue weighted by atomic mass is 10.0. The Morgan fingerprint density at radius 1 is 0.757 bits per heavy atom. The summed E-state index contributed by atoms with van der Waals surface area (Å²) in [7, 11) is 0. The van der Waals surface area contributed by atoms with Crippen molar-refractivity contribution in [3.8, 4) is 0 Å². The first-order chi connectivity index (χ1) is 17.9. The van der Waals surface area contributed by atoms with E-state index in [0.29, 0.717) is 29.1 Å². The van der Waals surface area contributed by atoms with E-state index in [-0.39, 0.29) is 0 Å². The second kappa shape index (κ2) is 10.1. The molecule has 0 unspecified atom stereocenters. The van der Waals surface area contributed by atoms with Gasteiger partial charge in [-0.05, 0) is 29.8 Å². The lowest BCUT2D eigenvalue weighted by Gasteiger charge is -2.12. The molecule has 0 spiro atoms. The van der Waals surface area contributed by atoms with E-state index in [9.17, 15) is 18.0 Å². The molecule has 0 aliphatic rings. The molecule has 1 N–H and O–H groups in total. The number of carbonyl (C=O) groups is 1. The molecule has 0 bridgehead atoms. The van der Waals surface area contributed by atoms with Gasteiger partial charge in [-0.2, -0.15) is 18.3 Å². The van der Waals surface area contributed by atoms with Gasteiger partial charge in [0.15, 0.2) is 0 Å². The number of halogens is 3. The Labute approximate surface area is 211 Å². The Hall–Kier alpha value is -4.65. The second-order valence-electron chi connectivity index (χ2n) is 8.50. The predicted molar refractivity (Wildman–Crippen MR) is 138 cm³/mol. The molecule has 37 heavy (non-hydrogen) atoms. The molecule has 184 valence electrons. The fourth-order valence-electron chi connectivity index (χ4n) is 4.21. The Morgan fingerprint density at radius 2 is 1.35 bits per heavy atom. The number of rotatable bonds is 6. The summed E-state index contributed by atoms with van der Waals surface area (Å²) in [6.45, 7) is 0.491. The number of hydrazone groups is 1. The van der Waals surface area contributed by atoms with Gasteiger partial charge < -0.3 is 4.57 Å². The maximum Gasteiger partial charge on any atom is 0.416 e. The van der Waals surface area contributed by atoms with Crippen LogP contribution in [0.3, 0.4) is 0 Å². The summed E-state index contributed by atoms with van der Waals surface area (Å²) in [5.74, 6) is -0.424. The molecule has 1 amide bonds. The average Bonchev–Trinajstić information content (AvgIpc) is 3.28. The molecule has 0 saturated carbocycles. The van der Waals surface area contributed by atoms with E-state index in [2.05, 4.69) is 10.5 Å². The summed E-state index contributed by atoms with van der Waals surface area (Å²) in [6.07, 6.45) is -4.44. The summed E-state index contributed by atoms with van der Waals surface area (Å²) in [6, 6.07) is 33.1. The molecule has 4 aromatic carbocycles. The van der Waals surface area contributed by atoms with E-state index in [1.54, 1.807) is 24.3 Å². The van der Waals surface area contributed by atoms with Crippen LogP contribution in [0.1, 0.15) is 32.7 Å². The molecule has 7 heteroatoms. The zero-order valence-corrected chi connectivity index (χ0v) is 19.6. The molecule has 0 aliphatic heterocycles. The molecular weight excluding hydrogens is 475 g/mol. The van der Waals surface area contributed by atoms with Crippen LogP contribution in [0, 0.1) is 0 Å². The van der Waals surface area contributed by atoms with Gasteiger partial charge in [-0.1, -0.05) is 91.0 Å². The molecule has 0 radical (unpaired) electrons. The highest BCUT2D eigenvalue weighted by molar-refractivity contribution is 6.13. The van der Waals surface area contributed by atoms with Crippen LogP contribution in [0.5, 0.6) is 0 Å². The number of para-hydroxylation sites is 1. The van der Waals surface area contributed by atoms with Gasteiger partial charge in [0.1, 0.15) is 5.69 Å². The van der Waals surface area contributed by atoms with E-state index in [0.717, 1.165) is 28.6 Å². The highest BCUT2D eigenvalue weighted by Crippen LogP contribution is 2.29. The van der Waals surface area contributed by atoms with Crippen LogP contribution in [0.2, 0.25) is 0 Å². The van der Waals surface area contributed by atoms with E-state index in [1.807, 2.05) is 71.3 Å². The maximum atomic E-state index is 13.4. The fraction of sp³-hybridized carbons (Fsp3) is 0.0667. The largest absolute Gasteiger partial charge is 0.416 e. The van der Waals surface area contributed by atoms with Crippen LogP contribution < -0.4 is 5.43 Å². The van der Waals surface area contributed by atoms with Crippen molar-refractivity contribution in [1.29, 1.82) is 0 Å². The fourth-order valence-corrected chi connectivity index (χ4v) is 4.21. The van der Waals surface area contributed by atoms with Gasteiger partial charge >= 0.3 is 6.18 Å². The van der Waals surface area contributed by atoms with Crippen molar-refractivity contribution < 1.29 is 18.0 Å². The molecule has 1 heterocycles. The van der Waals surface area contributed by atoms with Crippen molar-refractivity contribution in [3.63, 3.8) is 0 Å². The molecule has 0 saturated heterocycles. The minimum Gasteiger partial charge on any atom is -0.332 e. The van der Waals surface area contributed by atoms with Crippen molar-refractivity contribution in [3.05, 3.63) is 143 Å². The van der Waals surface area contributed by atoms with Crippen molar-refractivity contribution in [1.82, 2.24) is 9.99 Å². The lowest BCUT2D eigenvalue weighted by molar-refractivity contribution is -0.137. The first-order valence-corrected chi connectivity index (χ1v) is 11.6. The van der Waals surface area contributed by atoms with Crippen LogP contribution in [0.4, 0.5) is 13.2 Å². The summed E-state index contributed by atoms with van der Waals surface area (Å²) in [4.78, 5) is 13.4. The number of nitrogens with one attached hydrogen (secondary N) is 1. The van der Waals surface area contributed by atoms with E-state index < -0.39 is 17.6 Å². The van der Waals surface area contributed by atoms with Crippen molar-refractivity contribution in [2.24, 2.45) is 5.10 Å². The van der Waals surface area contributed by atoms with Crippen LogP contribution in [-0.2, 0) is 12.7 Å². The molecule has 0 fully saturated rings. The Kier molecular flexibility index (Phi) is 6.60. The first-order valence-electron chi connectivity index (χ1n) is 11.6. The van der Waals surface area contributed by atoms with Gasteiger partial charge in [0, 0.05) is 28.6 Å². The van der Waals surface area contributed by atoms with E-state index in [4.69, 9.17) is 0 Å². The zero-order valence-electron chi connectivity index (χ0n) is 19.6. The van der Waals surface area contributed by atoms with Crippen molar-refractivity contribution in [2.45, 2.75) is 12.7 Å². The second-order valence-corrected chi connectivity index (χ2v) is 8.50. The number of hydrogen-bond donors (Lipinski definition) is 1. The summed E-state index contributed by atoms with van der Waals surface area (Å²) >= 11 is 0. The molecule has 0 atom stereocenters. The molecule has 0 aliphatic carbocycles. The standard InChI is InChI=1S/C30H22F3N3O/c31-30(32,33)25-17-15-23(16-18-25)28(22-11-5-2-6-12-22)34-35-29(37)27-19-24-13-7-8-14-26(24)36(27)20-21-9-3-1-4-10-21/h1-19H,20H2,(H,35,37)/b34-28-. The number of alkyl halides is 3. The summed E-state index contributed by atoms with van der Waals surface area (Å²) in [5.41, 5.74) is 5.72. The Morgan fingerprint density at radius 3 is 2.03 bits per heavy atom. The van der Waals surface area contributed by atoms with Gasteiger partial charge in [0.2, 0.25) is 0 Å². The smallest absolute Gasteiger partial charge is 0.332 e. The third kappa shape index (κ3) is 5.30. The van der Waals surface area contributed by atoms with Crippen molar-refractivity contribution in [2.75, 3.05) is 0 Å². The normalized spacial score (nSPS) is 12.0. The van der Waals surface area contributed by atoms with Gasteiger partial charge in [-0.15, -0.1) is 0 Å². The minimum absolute atomic E-state index is 0.355. The maximum absolute atomic E-state index is 13.4. The Bertz CT molecular complexity index is 1560. The third-order valence-corrected chi connectivity index (χ3v) is 6.03. The predicted octanol–water partition coefficient (Wildman–Crippen LogP) is 6.89. The zero-order chi connectivity index (χ0) is 25.8. The highest BCUT2D eigenvalue weighted by Gasteiger charge is 2.30. The lowest BCUT2D eigenvalue weighted by Crippen LogP contribution is -2.23. The molecule has 4 nitrogen and oxygen atoms in total. The minimum atomic E-state index is -4.44. The van der Waals surface area contributed by atoms with Crippen molar-refractivity contribution >= 4 is 22.5 Å². The average molecular weight is 498 g/mol. The molecule has 1 aromatic heterocycles. The topological polar surface area (TPSA) is 46.4 Å². The van der Waals surface area contributed by atoms with Crippen LogP contribution >= 0.6 is 0 Å². The number of amides is 1. The van der Waals surface area contributed by atoms with Crippen LogP contribution in [-0.4, -0.2) is 16.2 Å². The number of hydrogen-bond acceptors (Lipinski definition) is 2. The monoisotopic (exact) mass is 497 g/mol. The Balaban J connectivity index is 1.51. The van der Waals surface area contributed by atoms with Gasteiger partial charge in [0.05, 0.1) is 11.3 Å². The van der Waals surface area contributed by atoms with Gasteiger partial charge in [0.25, 0.3) is 5.91 Å². The molecule has 5 aromatic rings. The number of aromatic nitrogens is 1. The van der Waals surface area contributed by atoms with Crippen LogP contribution in [0.15, 0.2) is 120 Å². The molecular formula is C30H22F3N3O. The highest BCUT2D eigenvalue weighted by atomic mass is 19.4.